The molecule has 114 valence electrons. The van der Waals surface area contributed by atoms with Gasteiger partial charge >= 0.3 is 12.0 Å². The number of carbonyl (C=O) groups is 2. The molecular formula is C12H15N3O6. The van der Waals surface area contributed by atoms with Gasteiger partial charge in [0.15, 0.2) is 0 Å². The van der Waals surface area contributed by atoms with Crippen LogP contribution in [0.2, 0.25) is 0 Å². The summed E-state index contributed by atoms with van der Waals surface area (Å²) in [5.41, 5.74) is 0.113. The molecule has 0 aliphatic rings. The van der Waals surface area contributed by atoms with Crippen LogP contribution >= 0.6 is 0 Å². The van der Waals surface area contributed by atoms with Gasteiger partial charge < -0.3 is 20.5 Å². The largest absolute Gasteiger partial charge is 0.481 e. The maximum atomic E-state index is 11.6. The van der Waals surface area contributed by atoms with Gasteiger partial charge in [-0.1, -0.05) is 6.07 Å². The van der Waals surface area contributed by atoms with Gasteiger partial charge in [0.25, 0.3) is 5.69 Å². The van der Waals surface area contributed by atoms with Gasteiger partial charge in [0.2, 0.25) is 0 Å². The summed E-state index contributed by atoms with van der Waals surface area (Å²) in [6, 6.07) is 4.85. The number of carboxylic acid groups (broad SMARTS) is 1. The first-order valence-corrected chi connectivity index (χ1v) is 5.96. The third-order valence-corrected chi connectivity index (χ3v) is 2.54. The fourth-order valence-corrected chi connectivity index (χ4v) is 1.51. The number of carboxylic acids is 1. The van der Waals surface area contributed by atoms with E-state index in [1.54, 1.807) is 0 Å². The SMILES string of the molecule is COC(CNC(=O)Nc1cccc([N+](=O)[O-])c1)CC(=O)O. The molecule has 1 atom stereocenters. The summed E-state index contributed by atoms with van der Waals surface area (Å²) >= 11 is 0. The third kappa shape index (κ3) is 5.87. The first-order chi connectivity index (χ1) is 9.92. The Morgan fingerprint density at radius 1 is 1.48 bits per heavy atom. The molecule has 0 fully saturated rings. The first-order valence-electron chi connectivity index (χ1n) is 5.96. The average molecular weight is 297 g/mol. The highest BCUT2D eigenvalue weighted by Crippen LogP contribution is 2.16. The zero-order valence-corrected chi connectivity index (χ0v) is 11.2. The van der Waals surface area contributed by atoms with Crippen molar-refractivity contribution < 1.29 is 24.4 Å². The van der Waals surface area contributed by atoms with E-state index in [1.165, 1.54) is 31.4 Å². The highest BCUT2D eigenvalue weighted by Gasteiger charge is 2.14. The molecule has 0 heterocycles. The molecule has 0 saturated heterocycles. The van der Waals surface area contributed by atoms with E-state index in [0.717, 1.165) is 0 Å². The highest BCUT2D eigenvalue weighted by atomic mass is 16.6. The lowest BCUT2D eigenvalue weighted by molar-refractivity contribution is -0.384. The third-order valence-electron chi connectivity index (χ3n) is 2.54. The summed E-state index contributed by atoms with van der Waals surface area (Å²) in [5.74, 6) is -1.04. The number of rotatable bonds is 7. The molecule has 0 saturated carbocycles. The molecule has 0 aliphatic carbocycles. The Bertz CT molecular complexity index is 533. The molecule has 1 aromatic rings. The van der Waals surface area contributed by atoms with Crippen LogP contribution in [0.5, 0.6) is 0 Å². The molecule has 0 bridgehead atoms. The van der Waals surface area contributed by atoms with E-state index in [2.05, 4.69) is 10.6 Å². The number of nitrogens with zero attached hydrogens (tertiary/aromatic N) is 1. The number of nitrogens with one attached hydrogen (secondary N) is 2. The number of urea groups is 1. The number of nitro benzene ring substituents is 1. The number of carbonyl (C=O) groups excluding carboxylic acids is 1. The molecule has 9 nitrogen and oxygen atoms in total. The monoisotopic (exact) mass is 297 g/mol. The van der Waals surface area contributed by atoms with Crippen molar-refractivity contribution >= 4 is 23.4 Å². The first kappa shape index (κ1) is 16.4. The number of hydrogen-bond donors (Lipinski definition) is 3. The zero-order valence-electron chi connectivity index (χ0n) is 11.2. The number of methoxy groups -OCH3 is 1. The Balaban J connectivity index is 2.51. The summed E-state index contributed by atoms with van der Waals surface area (Å²) in [6.45, 7) is 0.00353. The van der Waals surface area contributed by atoms with Crippen molar-refractivity contribution in [1.29, 1.82) is 0 Å². The smallest absolute Gasteiger partial charge is 0.319 e. The number of non-ortho nitro benzene ring substituents is 1. The minimum atomic E-state index is -1.04. The molecular weight excluding hydrogens is 282 g/mol. The van der Waals surface area contributed by atoms with Crippen molar-refractivity contribution in [2.24, 2.45) is 0 Å². The summed E-state index contributed by atoms with van der Waals surface area (Å²) in [5, 5.41) is 24.1. The van der Waals surface area contributed by atoms with Crippen molar-refractivity contribution in [2.75, 3.05) is 19.0 Å². The van der Waals surface area contributed by atoms with Crippen LogP contribution < -0.4 is 10.6 Å². The maximum absolute atomic E-state index is 11.6. The van der Waals surface area contributed by atoms with Crippen LogP contribution in [-0.4, -0.2) is 41.8 Å². The lowest BCUT2D eigenvalue weighted by Crippen LogP contribution is -2.37. The summed E-state index contributed by atoms with van der Waals surface area (Å²) < 4.78 is 4.90. The second-order valence-electron chi connectivity index (χ2n) is 4.10. The van der Waals surface area contributed by atoms with Crippen molar-refractivity contribution in [3.05, 3.63) is 34.4 Å². The van der Waals surface area contributed by atoms with Crippen LogP contribution in [0.25, 0.3) is 0 Å². The van der Waals surface area contributed by atoms with E-state index in [0.29, 0.717) is 0 Å². The van der Waals surface area contributed by atoms with Crippen LogP contribution in [0.4, 0.5) is 16.2 Å². The van der Waals surface area contributed by atoms with Crippen molar-refractivity contribution in [3.63, 3.8) is 0 Å². The van der Waals surface area contributed by atoms with E-state index in [4.69, 9.17) is 9.84 Å². The lowest BCUT2D eigenvalue weighted by atomic mass is 10.2. The molecule has 1 aromatic carbocycles. The zero-order chi connectivity index (χ0) is 15.8. The summed E-state index contributed by atoms with van der Waals surface area (Å²) in [4.78, 5) is 32.2. The molecule has 9 heteroatoms. The van der Waals surface area contributed by atoms with Crippen molar-refractivity contribution in [2.45, 2.75) is 12.5 Å². The highest BCUT2D eigenvalue weighted by molar-refractivity contribution is 5.89. The Morgan fingerprint density at radius 2 is 2.19 bits per heavy atom. The number of aliphatic carboxylic acids is 1. The average Bonchev–Trinajstić information content (AvgIpc) is 2.43. The van der Waals surface area contributed by atoms with Crippen LogP contribution in [0.3, 0.4) is 0 Å². The van der Waals surface area contributed by atoms with E-state index in [1.807, 2.05) is 0 Å². The maximum Gasteiger partial charge on any atom is 0.319 e. The second-order valence-corrected chi connectivity index (χ2v) is 4.10. The minimum absolute atomic E-state index is 0.00353. The van der Waals surface area contributed by atoms with E-state index in [9.17, 15) is 19.7 Å². The van der Waals surface area contributed by atoms with Crippen molar-refractivity contribution in [3.8, 4) is 0 Å². The number of amides is 2. The predicted molar refractivity (Wildman–Crippen MR) is 73.2 cm³/mol. The predicted octanol–water partition coefficient (Wildman–Crippen LogP) is 1.21. The van der Waals surface area contributed by atoms with Crippen LogP contribution in [0, 0.1) is 10.1 Å². The fourth-order valence-electron chi connectivity index (χ4n) is 1.51. The minimum Gasteiger partial charge on any atom is -0.481 e. The van der Waals surface area contributed by atoms with Crippen LogP contribution in [-0.2, 0) is 9.53 Å². The van der Waals surface area contributed by atoms with Crippen LogP contribution in [0.1, 0.15) is 6.42 Å². The van der Waals surface area contributed by atoms with Gasteiger partial charge in [0.1, 0.15) is 0 Å². The van der Waals surface area contributed by atoms with Gasteiger partial charge in [-0.3, -0.25) is 14.9 Å². The number of hydrogen-bond acceptors (Lipinski definition) is 5. The number of nitro groups is 1. The van der Waals surface area contributed by atoms with Gasteiger partial charge in [-0.05, 0) is 6.07 Å². The molecule has 1 rings (SSSR count). The standard InChI is InChI=1S/C12H15N3O6/c1-21-10(6-11(16)17)7-13-12(18)14-8-3-2-4-9(5-8)15(19)20/h2-5,10H,6-7H2,1H3,(H,16,17)(H2,13,14,18). The normalized spacial score (nSPS) is 11.5. The molecule has 1 unspecified atom stereocenters. The van der Waals surface area contributed by atoms with Crippen molar-refractivity contribution in [1.82, 2.24) is 5.32 Å². The fraction of sp³-hybridized carbons (Fsp3) is 0.333. The van der Waals surface area contributed by atoms with Gasteiger partial charge in [0, 0.05) is 31.5 Å². The molecule has 0 spiro atoms. The van der Waals surface area contributed by atoms with E-state index in [-0.39, 0.29) is 24.3 Å². The number of anilines is 1. The van der Waals surface area contributed by atoms with E-state index >= 15 is 0 Å². The van der Waals surface area contributed by atoms with Gasteiger partial charge in [-0.15, -0.1) is 0 Å². The van der Waals surface area contributed by atoms with Crippen LogP contribution in [0.15, 0.2) is 24.3 Å². The molecule has 0 aliphatic heterocycles. The molecule has 0 aromatic heterocycles. The Morgan fingerprint density at radius 3 is 2.76 bits per heavy atom. The van der Waals surface area contributed by atoms with Gasteiger partial charge in [0.05, 0.1) is 17.4 Å². The Hall–Kier alpha value is -2.68. The number of ether oxygens (including phenoxy) is 1. The van der Waals surface area contributed by atoms with E-state index < -0.39 is 23.0 Å². The quantitative estimate of drug-likeness (QED) is 0.512. The summed E-state index contributed by atoms with van der Waals surface area (Å²) in [7, 11) is 1.34. The molecule has 0 radical (unpaired) electrons. The molecule has 21 heavy (non-hydrogen) atoms. The molecule has 3 N–H and O–H groups in total. The molecule has 2 amide bonds. The Labute approximate surface area is 120 Å². The van der Waals surface area contributed by atoms with Gasteiger partial charge in [-0.25, -0.2) is 4.79 Å². The number of benzene rings is 1. The second kappa shape index (κ2) is 7.80. The summed E-state index contributed by atoms with van der Waals surface area (Å²) in [6.07, 6.45) is -0.897. The van der Waals surface area contributed by atoms with Gasteiger partial charge in [-0.2, -0.15) is 0 Å². The topological polar surface area (TPSA) is 131 Å². The Kier molecular flexibility index (Phi) is 6.08. The lowest BCUT2D eigenvalue weighted by Gasteiger charge is -2.14.